The highest BCUT2D eigenvalue weighted by Crippen LogP contribution is 2.20. The summed E-state index contributed by atoms with van der Waals surface area (Å²) in [7, 11) is 0. The molecule has 23 heavy (non-hydrogen) atoms. The van der Waals surface area contributed by atoms with Crippen LogP contribution in [-0.4, -0.2) is 27.5 Å². The van der Waals surface area contributed by atoms with Gasteiger partial charge in [-0.25, -0.2) is 14.8 Å². The molecule has 0 spiro atoms. The van der Waals surface area contributed by atoms with Crippen molar-refractivity contribution in [3.05, 3.63) is 41.1 Å². The van der Waals surface area contributed by atoms with E-state index in [4.69, 9.17) is 17.0 Å². The van der Waals surface area contributed by atoms with Crippen molar-refractivity contribution >= 4 is 17.1 Å². The molecule has 0 saturated carbocycles. The van der Waals surface area contributed by atoms with Crippen LogP contribution in [0, 0.1) is 12.0 Å². The summed E-state index contributed by atoms with van der Waals surface area (Å²) >= 11 is 0. The van der Waals surface area contributed by atoms with E-state index in [1.165, 1.54) is 6.08 Å². The molecular formula is C16H19N5O2. The molecule has 1 amide bonds. The minimum Gasteiger partial charge on any atom is -0.476 e. The molecule has 7 heteroatoms. The van der Waals surface area contributed by atoms with Gasteiger partial charge in [-0.1, -0.05) is 26.8 Å². The summed E-state index contributed by atoms with van der Waals surface area (Å²) in [4.78, 5) is 25.9. The zero-order chi connectivity index (χ0) is 17.0. The van der Waals surface area contributed by atoms with E-state index in [1.54, 1.807) is 12.4 Å². The number of carbonyl (C=O) groups is 1. The summed E-state index contributed by atoms with van der Waals surface area (Å²) < 4.78 is 5.66. The molecule has 0 unspecified atom stereocenters. The zero-order valence-electron chi connectivity index (χ0n) is 13.4. The lowest BCUT2D eigenvalue weighted by molar-refractivity contribution is -0.114. The maximum atomic E-state index is 11.1. The van der Waals surface area contributed by atoms with Gasteiger partial charge in [-0.3, -0.25) is 4.79 Å². The van der Waals surface area contributed by atoms with Crippen LogP contribution in [0.4, 0.5) is 0 Å². The lowest BCUT2D eigenvalue weighted by Crippen LogP contribution is -2.17. The second-order valence-corrected chi connectivity index (χ2v) is 6.34. The maximum Gasteiger partial charge on any atom is 0.247 e. The van der Waals surface area contributed by atoms with Gasteiger partial charge in [0, 0.05) is 11.8 Å². The molecule has 0 aliphatic carbocycles. The first-order valence-electron chi connectivity index (χ1n) is 7.13. The van der Waals surface area contributed by atoms with Crippen molar-refractivity contribution in [2.75, 3.05) is 6.61 Å². The summed E-state index contributed by atoms with van der Waals surface area (Å²) in [5, 5.41) is 0. The summed E-state index contributed by atoms with van der Waals surface area (Å²) in [5.41, 5.74) is 7.15. The van der Waals surface area contributed by atoms with Gasteiger partial charge in [-0.2, -0.15) is 0 Å². The summed E-state index contributed by atoms with van der Waals surface area (Å²) in [6, 6.07) is 0. The Morgan fingerprint density at radius 2 is 2.26 bits per heavy atom. The van der Waals surface area contributed by atoms with E-state index in [0.29, 0.717) is 30.1 Å². The number of nitrogens with one attached hydrogen (secondary N) is 1. The van der Waals surface area contributed by atoms with Crippen molar-refractivity contribution in [1.82, 2.24) is 15.0 Å². The Hall–Kier alpha value is -2.88. The highest BCUT2D eigenvalue weighted by molar-refractivity contribution is 5.93. The average Bonchev–Trinajstić information content (AvgIpc) is 2.87. The second-order valence-electron chi connectivity index (χ2n) is 6.34. The fraction of sp³-hybridized carbons (Fsp3) is 0.375. The standard InChI is InChI=1S/C16H19N5O2/c1-16(2,3)9-23-12-8-20-15-13(21-12)10(7-19-15)5-6-11(18-4)14(17)22/h6-8H,5,9H2,1-3H3,(H2,17,22)(H,19,20)/b11-6-. The van der Waals surface area contributed by atoms with Crippen LogP contribution in [-0.2, 0) is 11.2 Å². The Bertz CT molecular complexity index is 793. The number of nitrogens with zero attached hydrogens (tertiary/aromatic N) is 3. The van der Waals surface area contributed by atoms with Crippen molar-refractivity contribution in [2.45, 2.75) is 27.2 Å². The first-order valence-corrected chi connectivity index (χ1v) is 7.13. The number of amides is 1. The van der Waals surface area contributed by atoms with Crippen LogP contribution < -0.4 is 10.5 Å². The van der Waals surface area contributed by atoms with Crippen LogP contribution in [0.1, 0.15) is 26.3 Å². The molecule has 0 radical (unpaired) electrons. The third-order valence-electron chi connectivity index (χ3n) is 2.98. The molecule has 2 heterocycles. The fourth-order valence-corrected chi connectivity index (χ4v) is 1.85. The third-order valence-corrected chi connectivity index (χ3v) is 2.98. The van der Waals surface area contributed by atoms with Crippen LogP contribution in [0.15, 0.2) is 24.2 Å². The molecule has 0 fully saturated rings. The molecule has 2 aromatic heterocycles. The Kier molecular flexibility index (Phi) is 4.65. The van der Waals surface area contributed by atoms with Crippen LogP contribution >= 0.6 is 0 Å². The Morgan fingerprint density at radius 1 is 1.52 bits per heavy atom. The third kappa shape index (κ3) is 4.30. The average molecular weight is 313 g/mol. The lowest BCUT2D eigenvalue weighted by Gasteiger charge is -2.17. The number of carbonyl (C=O) groups excluding carboxylic acids is 1. The zero-order valence-corrected chi connectivity index (χ0v) is 13.4. The van der Waals surface area contributed by atoms with Crippen molar-refractivity contribution in [1.29, 1.82) is 0 Å². The predicted octanol–water partition coefficient (Wildman–Crippen LogP) is 2.21. The Labute approximate surface area is 134 Å². The minimum atomic E-state index is -0.736. The molecule has 0 bridgehead atoms. The van der Waals surface area contributed by atoms with Crippen molar-refractivity contribution in [3.63, 3.8) is 0 Å². The van der Waals surface area contributed by atoms with Crippen molar-refractivity contribution in [2.24, 2.45) is 11.1 Å². The first kappa shape index (κ1) is 16.5. The number of allylic oxidation sites excluding steroid dienone is 1. The SMILES string of the molecule is [C-]#[N+]/C(=C\Cc1c[nH]c2ncc(OCC(C)(C)C)nc12)C(N)=O. The largest absolute Gasteiger partial charge is 0.476 e. The molecule has 0 aromatic carbocycles. The lowest BCUT2D eigenvalue weighted by atomic mass is 9.99. The molecule has 0 aliphatic heterocycles. The van der Waals surface area contributed by atoms with E-state index >= 15 is 0 Å². The molecule has 120 valence electrons. The summed E-state index contributed by atoms with van der Waals surface area (Å²) in [6.07, 6.45) is 5.16. The predicted molar refractivity (Wildman–Crippen MR) is 86.4 cm³/mol. The summed E-state index contributed by atoms with van der Waals surface area (Å²) in [5.74, 6) is -0.294. The molecule has 2 rings (SSSR count). The number of aromatic amines is 1. The Morgan fingerprint density at radius 3 is 2.87 bits per heavy atom. The van der Waals surface area contributed by atoms with E-state index in [2.05, 4.69) is 40.6 Å². The normalized spacial score (nSPS) is 12.2. The van der Waals surface area contributed by atoms with Crippen LogP contribution in [0.2, 0.25) is 0 Å². The Balaban J connectivity index is 2.25. The smallest absolute Gasteiger partial charge is 0.247 e. The van der Waals surface area contributed by atoms with Gasteiger partial charge in [0.05, 0.1) is 19.4 Å². The number of hydrogen-bond donors (Lipinski definition) is 2. The van der Waals surface area contributed by atoms with Gasteiger partial charge >= 0.3 is 0 Å². The van der Waals surface area contributed by atoms with Gasteiger partial charge in [0.25, 0.3) is 0 Å². The van der Waals surface area contributed by atoms with Gasteiger partial charge in [0.2, 0.25) is 17.5 Å². The van der Waals surface area contributed by atoms with E-state index in [9.17, 15) is 4.79 Å². The summed E-state index contributed by atoms with van der Waals surface area (Å²) in [6.45, 7) is 13.7. The van der Waals surface area contributed by atoms with Gasteiger partial charge in [0.15, 0.2) is 5.65 Å². The van der Waals surface area contributed by atoms with Crippen LogP contribution in [0.5, 0.6) is 5.88 Å². The van der Waals surface area contributed by atoms with Gasteiger partial charge < -0.3 is 15.5 Å². The quantitative estimate of drug-likeness (QED) is 0.653. The maximum absolute atomic E-state index is 11.1. The van der Waals surface area contributed by atoms with E-state index in [1.807, 2.05) is 0 Å². The van der Waals surface area contributed by atoms with E-state index < -0.39 is 5.91 Å². The van der Waals surface area contributed by atoms with Gasteiger partial charge in [-0.15, -0.1) is 0 Å². The number of rotatable bonds is 5. The van der Waals surface area contributed by atoms with Gasteiger partial charge in [-0.05, 0) is 11.8 Å². The monoisotopic (exact) mass is 313 g/mol. The van der Waals surface area contributed by atoms with Crippen LogP contribution in [0.25, 0.3) is 16.0 Å². The molecular weight excluding hydrogens is 294 g/mol. The number of nitrogens with two attached hydrogens (primary N) is 1. The molecule has 2 aromatic rings. The first-order chi connectivity index (χ1) is 10.8. The van der Waals surface area contributed by atoms with E-state index in [0.717, 1.165) is 5.56 Å². The van der Waals surface area contributed by atoms with Gasteiger partial charge in [0.1, 0.15) is 5.52 Å². The molecule has 3 N–H and O–H groups in total. The number of fused-ring (bicyclic) bond motifs is 1. The number of primary amides is 1. The fourth-order valence-electron chi connectivity index (χ4n) is 1.85. The highest BCUT2D eigenvalue weighted by Gasteiger charge is 2.13. The molecule has 7 nitrogen and oxygen atoms in total. The topological polar surface area (TPSA) is 98.2 Å². The molecule has 0 saturated heterocycles. The highest BCUT2D eigenvalue weighted by atomic mass is 16.5. The number of ether oxygens (including phenoxy) is 1. The molecule has 0 atom stereocenters. The minimum absolute atomic E-state index is 0.0202. The van der Waals surface area contributed by atoms with Crippen molar-refractivity contribution < 1.29 is 9.53 Å². The molecule has 0 aliphatic rings. The second kappa shape index (κ2) is 6.48. The van der Waals surface area contributed by atoms with Crippen molar-refractivity contribution in [3.8, 4) is 5.88 Å². The number of H-pyrrole nitrogens is 1. The number of aromatic nitrogens is 3. The number of hydrogen-bond acceptors (Lipinski definition) is 4. The van der Waals surface area contributed by atoms with Crippen LogP contribution in [0.3, 0.4) is 0 Å². The van der Waals surface area contributed by atoms with E-state index in [-0.39, 0.29) is 11.1 Å².